The molecule has 4 nitrogen and oxygen atoms in total. The largest absolute Gasteiger partial charge is 0.343 e. The highest BCUT2D eigenvalue weighted by Crippen LogP contribution is 2.14. The quantitative estimate of drug-likeness (QED) is 0.871. The predicted octanol–water partition coefficient (Wildman–Crippen LogP) is 2.37. The SMILES string of the molecule is CCN(CC)c1nc2ccc(I)cc2c(=O)[nH]1. The molecule has 90 valence electrons. The number of nitrogens with one attached hydrogen (secondary N) is 1. The van der Waals surface area contributed by atoms with Crippen LogP contribution >= 0.6 is 22.6 Å². The van der Waals surface area contributed by atoms with Crippen molar-refractivity contribution < 1.29 is 0 Å². The summed E-state index contributed by atoms with van der Waals surface area (Å²) < 4.78 is 1.04. The maximum Gasteiger partial charge on any atom is 0.260 e. The normalized spacial score (nSPS) is 10.8. The Balaban J connectivity index is 2.63. The van der Waals surface area contributed by atoms with E-state index in [0.717, 1.165) is 22.2 Å². The molecule has 2 rings (SSSR count). The van der Waals surface area contributed by atoms with Crippen molar-refractivity contribution in [1.29, 1.82) is 0 Å². The van der Waals surface area contributed by atoms with Gasteiger partial charge in [-0.05, 0) is 54.6 Å². The average molecular weight is 343 g/mol. The van der Waals surface area contributed by atoms with Crippen LogP contribution < -0.4 is 10.5 Å². The van der Waals surface area contributed by atoms with Crippen LogP contribution in [-0.2, 0) is 0 Å². The zero-order chi connectivity index (χ0) is 12.4. The molecule has 1 N–H and O–H groups in total. The van der Waals surface area contributed by atoms with Gasteiger partial charge in [0.25, 0.3) is 5.56 Å². The minimum absolute atomic E-state index is 0.0737. The first-order chi connectivity index (χ1) is 8.15. The fourth-order valence-electron chi connectivity index (χ4n) is 1.77. The third-order valence-electron chi connectivity index (χ3n) is 2.72. The van der Waals surface area contributed by atoms with E-state index in [9.17, 15) is 4.79 Å². The van der Waals surface area contributed by atoms with E-state index in [2.05, 4.69) is 32.6 Å². The van der Waals surface area contributed by atoms with Gasteiger partial charge in [0, 0.05) is 16.7 Å². The standard InChI is InChI=1S/C12H14IN3O/c1-3-16(4-2)12-14-10-6-5-8(13)7-9(10)11(17)15-12/h5-7H,3-4H2,1-2H3,(H,14,15,17). The van der Waals surface area contributed by atoms with Gasteiger partial charge in [0.1, 0.15) is 0 Å². The Morgan fingerprint density at radius 2 is 2.06 bits per heavy atom. The first-order valence-electron chi connectivity index (χ1n) is 5.60. The van der Waals surface area contributed by atoms with Crippen molar-refractivity contribution in [2.75, 3.05) is 18.0 Å². The maximum atomic E-state index is 12.0. The smallest absolute Gasteiger partial charge is 0.260 e. The Kier molecular flexibility index (Phi) is 3.66. The molecule has 0 bridgehead atoms. The number of nitrogens with zero attached hydrogens (tertiary/aromatic N) is 2. The molecule has 0 radical (unpaired) electrons. The van der Waals surface area contributed by atoms with Gasteiger partial charge in [0.05, 0.1) is 10.9 Å². The van der Waals surface area contributed by atoms with E-state index in [-0.39, 0.29) is 5.56 Å². The molecular weight excluding hydrogens is 329 g/mol. The maximum absolute atomic E-state index is 12.0. The Labute approximate surface area is 113 Å². The highest BCUT2D eigenvalue weighted by molar-refractivity contribution is 14.1. The summed E-state index contributed by atoms with van der Waals surface area (Å²) in [5.41, 5.74) is 0.673. The number of aromatic nitrogens is 2. The minimum atomic E-state index is -0.0737. The van der Waals surface area contributed by atoms with Crippen molar-refractivity contribution in [2.24, 2.45) is 0 Å². The fraction of sp³-hybridized carbons (Fsp3) is 0.333. The number of aromatic amines is 1. The molecule has 0 atom stereocenters. The lowest BCUT2D eigenvalue weighted by atomic mass is 10.2. The summed E-state index contributed by atoms with van der Waals surface area (Å²) >= 11 is 2.19. The highest BCUT2D eigenvalue weighted by atomic mass is 127. The molecule has 0 amide bonds. The van der Waals surface area contributed by atoms with Crippen LogP contribution in [0.15, 0.2) is 23.0 Å². The fourth-order valence-corrected chi connectivity index (χ4v) is 2.26. The van der Waals surface area contributed by atoms with Crippen LogP contribution in [0.4, 0.5) is 5.95 Å². The lowest BCUT2D eigenvalue weighted by Crippen LogP contribution is -2.26. The Morgan fingerprint density at radius 3 is 2.71 bits per heavy atom. The van der Waals surface area contributed by atoms with Crippen molar-refractivity contribution in [2.45, 2.75) is 13.8 Å². The van der Waals surface area contributed by atoms with Crippen LogP contribution in [0.3, 0.4) is 0 Å². The van der Waals surface area contributed by atoms with Crippen molar-refractivity contribution in [3.05, 3.63) is 32.1 Å². The Bertz CT molecular complexity index is 590. The van der Waals surface area contributed by atoms with Gasteiger partial charge in [-0.1, -0.05) is 0 Å². The lowest BCUT2D eigenvalue weighted by molar-refractivity contribution is 0.822. The molecule has 2 aromatic rings. The summed E-state index contributed by atoms with van der Waals surface area (Å²) in [6.07, 6.45) is 0. The molecule has 1 aromatic heterocycles. The molecular formula is C12H14IN3O. The number of fused-ring (bicyclic) bond motifs is 1. The van der Waals surface area contributed by atoms with Crippen LogP contribution in [0.1, 0.15) is 13.8 Å². The van der Waals surface area contributed by atoms with E-state index >= 15 is 0 Å². The van der Waals surface area contributed by atoms with Gasteiger partial charge < -0.3 is 4.90 Å². The van der Waals surface area contributed by atoms with Gasteiger partial charge in [0.15, 0.2) is 0 Å². The van der Waals surface area contributed by atoms with E-state index in [0.29, 0.717) is 11.3 Å². The molecule has 0 saturated heterocycles. The number of hydrogen-bond donors (Lipinski definition) is 1. The van der Waals surface area contributed by atoms with E-state index in [4.69, 9.17) is 0 Å². The van der Waals surface area contributed by atoms with Crippen molar-refractivity contribution in [3.63, 3.8) is 0 Å². The molecule has 17 heavy (non-hydrogen) atoms. The van der Waals surface area contributed by atoms with Crippen LogP contribution in [-0.4, -0.2) is 23.1 Å². The number of anilines is 1. The molecule has 0 aliphatic heterocycles. The van der Waals surface area contributed by atoms with Crippen LogP contribution in [0.5, 0.6) is 0 Å². The molecule has 0 aliphatic carbocycles. The molecule has 0 aliphatic rings. The van der Waals surface area contributed by atoms with Gasteiger partial charge in [0.2, 0.25) is 5.95 Å². The summed E-state index contributed by atoms with van der Waals surface area (Å²) in [4.78, 5) is 21.3. The van der Waals surface area contributed by atoms with Gasteiger partial charge in [-0.3, -0.25) is 9.78 Å². The van der Waals surface area contributed by atoms with Crippen molar-refractivity contribution in [3.8, 4) is 0 Å². The van der Waals surface area contributed by atoms with Gasteiger partial charge in [-0.25, -0.2) is 4.98 Å². The minimum Gasteiger partial charge on any atom is -0.343 e. The summed E-state index contributed by atoms with van der Waals surface area (Å²) in [7, 11) is 0. The number of H-pyrrole nitrogens is 1. The predicted molar refractivity (Wildman–Crippen MR) is 78.6 cm³/mol. The first-order valence-corrected chi connectivity index (χ1v) is 6.68. The van der Waals surface area contributed by atoms with E-state index in [1.54, 1.807) is 0 Å². The summed E-state index contributed by atoms with van der Waals surface area (Å²) in [6, 6.07) is 5.70. The topological polar surface area (TPSA) is 49.0 Å². The monoisotopic (exact) mass is 343 g/mol. The van der Waals surface area contributed by atoms with Crippen LogP contribution in [0.2, 0.25) is 0 Å². The number of benzene rings is 1. The zero-order valence-corrected chi connectivity index (χ0v) is 12.0. The molecule has 0 unspecified atom stereocenters. The molecule has 1 heterocycles. The average Bonchev–Trinajstić information content (AvgIpc) is 2.32. The first kappa shape index (κ1) is 12.3. The number of hydrogen-bond acceptors (Lipinski definition) is 3. The molecule has 0 spiro atoms. The zero-order valence-electron chi connectivity index (χ0n) is 9.83. The third kappa shape index (κ3) is 2.43. The lowest BCUT2D eigenvalue weighted by Gasteiger charge is -2.19. The highest BCUT2D eigenvalue weighted by Gasteiger charge is 2.08. The Hall–Kier alpha value is -1.11. The van der Waals surface area contributed by atoms with Gasteiger partial charge in [-0.15, -0.1) is 0 Å². The second-order valence-corrected chi connectivity index (χ2v) is 4.97. The van der Waals surface area contributed by atoms with E-state index in [1.165, 1.54) is 0 Å². The number of rotatable bonds is 3. The molecule has 5 heteroatoms. The second-order valence-electron chi connectivity index (χ2n) is 3.72. The van der Waals surface area contributed by atoms with E-state index < -0.39 is 0 Å². The van der Waals surface area contributed by atoms with Crippen LogP contribution in [0, 0.1) is 3.57 Å². The second kappa shape index (κ2) is 5.03. The number of halogens is 1. The summed E-state index contributed by atoms with van der Waals surface area (Å²) in [5, 5.41) is 0.646. The summed E-state index contributed by atoms with van der Waals surface area (Å²) in [5.74, 6) is 0.647. The van der Waals surface area contributed by atoms with Gasteiger partial charge in [-0.2, -0.15) is 0 Å². The van der Waals surface area contributed by atoms with Gasteiger partial charge >= 0.3 is 0 Å². The summed E-state index contributed by atoms with van der Waals surface area (Å²) in [6.45, 7) is 5.74. The van der Waals surface area contributed by atoms with Crippen molar-refractivity contribution >= 4 is 39.4 Å². The van der Waals surface area contributed by atoms with Crippen molar-refractivity contribution in [1.82, 2.24) is 9.97 Å². The molecule has 1 aromatic carbocycles. The van der Waals surface area contributed by atoms with E-state index in [1.807, 2.05) is 36.9 Å². The molecule has 0 saturated carbocycles. The third-order valence-corrected chi connectivity index (χ3v) is 3.39. The molecule has 0 fully saturated rings. The Morgan fingerprint density at radius 1 is 1.35 bits per heavy atom. The van der Waals surface area contributed by atoms with Crippen LogP contribution in [0.25, 0.3) is 10.9 Å².